The second kappa shape index (κ2) is 6.73. The highest BCUT2D eigenvalue weighted by Gasteiger charge is 2.16. The van der Waals surface area contributed by atoms with Crippen molar-refractivity contribution < 1.29 is 17.6 Å². The zero-order valence-corrected chi connectivity index (χ0v) is 14.7. The fourth-order valence-electron chi connectivity index (χ4n) is 2.23. The van der Waals surface area contributed by atoms with Crippen LogP contribution >= 0.6 is 11.6 Å². The van der Waals surface area contributed by atoms with Gasteiger partial charge < -0.3 is 9.73 Å². The van der Waals surface area contributed by atoms with Crippen LogP contribution in [0, 0.1) is 0 Å². The molecule has 0 aliphatic rings. The van der Waals surface area contributed by atoms with Gasteiger partial charge in [-0.25, -0.2) is 13.1 Å². The minimum atomic E-state index is -3.24. The van der Waals surface area contributed by atoms with E-state index in [4.69, 9.17) is 16.0 Å². The Balaban J connectivity index is 1.80. The monoisotopic (exact) mass is 379 g/mol. The molecule has 7 nitrogen and oxygen atoms in total. The second-order valence-corrected chi connectivity index (χ2v) is 7.97. The number of furan rings is 1. The summed E-state index contributed by atoms with van der Waals surface area (Å²) in [5.41, 5.74) is 0.685. The standard InChI is InChI=1S/C16H14ClN3O4S/c1-25(22,23)10-13-5-6-14(24-13)16(21)19-15-7-8-18-20(15)12-4-2-3-11(17)9-12/h2-9H,10H2,1H3,(H,19,21). The Hall–Kier alpha value is -2.58. The van der Waals surface area contributed by atoms with E-state index in [0.29, 0.717) is 16.5 Å². The van der Waals surface area contributed by atoms with Crippen LogP contribution < -0.4 is 5.32 Å². The number of hydrogen-bond donors (Lipinski definition) is 1. The summed E-state index contributed by atoms with van der Waals surface area (Å²) >= 11 is 5.98. The van der Waals surface area contributed by atoms with Crippen LogP contribution in [0.2, 0.25) is 5.02 Å². The molecule has 0 spiro atoms. The van der Waals surface area contributed by atoms with Crippen LogP contribution in [0.5, 0.6) is 0 Å². The second-order valence-electron chi connectivity index (χ2n) is 5.40. The highest BCUT2D eigenvalue weighted by Crippen LogP contribution is 2.19. The number of halogens is 1. The lowest BCUT2D eigenvalue weighted by Crippen LogP contribution is -2.14. The van der Waals surface area contributed by atoms with Gasteiger partial charge in [-0.2, -0.15) is 5.10 Å². The number of sulfone groups is 1. The van der Waals surface area contributed by atoms with Crippen molar-refractivity contribution >= 4 is 33.2 Å². The first-order chi connectivity index (χ1) is 11.8. The summed E-state index contributed by atoms with van der Waals surface area (Å²) in [4.78, 5) is 12.3. The molecule has 0 unspecified atom stereocenters. The van der Waals surface area contributed by atoms with E-state index in [1.54, 1.807) is 30.3 Å². The van der Waals surface area contributed by atoms with Crippen molar-refractivity contribution in [2.45, 2.75) is 5.75 Å². The third-order valence-electron chi connectivity index (χ3n) is 3.23. The van der Waals surface area contributed by atoms with Crippen molar-refractivity contribution in [1.29, 1.82) is 0 Å². The van der Waals surface area contributed by atoms with Gasteiger partial charge in [0.25, 0.3) is 5.91 Å². The van der Waals surface area contributed by atoms with Crippen molar-refractivity contribution in [3.05, 3.63) is 65.2 Å². The van der Waals surface area contributed by atoms with Crippen LogP contribution in [0.25, 0.3) is 5.69 Å². The van der Waals surface area contributed by atoms with E-state index < -0.39 is 15.7 Å². The molecule has 9 heteroatoms. The maximum atomic E-state index is 12.3. The van der Waals surface area contributed by atoms with Gasteiger partial charge in [0.1, 0.15) is 17.3 Å². The smallest absolute Gasteiger partial charge is 0.292 e. The zero-order valence-electron chi connectivity index (χ0n) is 13.1. The first-order valence-corrected chi connectivity index (χ1v) is 9.63. The Morgan fingerprint density at radius 2 is 2.08 bits per heavy atom. The Morgan fingerprint density at radius 1 is 1.28 bits per heavy atom. The van der Waals surface area contributed by atoms with E-state index in [2.05, 4.69) is 10.4 Å². The van der Waals surface area contributed by atoms with Crippen molar-refractivity contribution in [2.75, 3.05) is 11.6 Å². The van der Waals surface area contributed by atoms with Gasteiger partial charge in [-0.05, 0) is 30.3 Å². The predicted molar refractivity (Wildman–Crippen MR) is 93.8 cm³/mol. The molecular weight excluding hydrogens is 366 g/mol. The average molecular weight is 380 g/mol. The molecule has 0 aliphatic carbocycles. The summed E-state index contributed by atoms with van der Waals surface area (Å²) in [5.74, 6) is -0.133. The third-order valence-corrected chi connectivity index (χ3v) is 4.27. The molecule has 0 bridgehead atoms. The van der Waals surface area contributed by atoms with Crippen LogP contribution in [0.3, 0.4) is 0 Å². The van der Waals surface area contributed by atoms with Crippen LogP contribution in [0.1, 0.15) is 16.3 Å². The lowest BCUT2D eigenvalue weighted by atomic mass is 10.3. The summed E-state index contributed by atoms with van der Waals surface area (Å²) in [6.45, 7) is 0. The molecule has 130 valence electrons. The molecule has 3 rings (SSSR count). The van der Waals surface area contributed by atoms with E-state index in [1.807, 2.05) is 0 Å². The van der Waals surface area contributed by atoms with Crippen LogP contribution in [0.15, 0.2) is 53.1 Å². The van der Waals surface area contributed by atoms with Crippen molar-refractivity contribution in [3.63, 3.8) is 0 Å². The first-order valence-electron chi connectivity index (χ1n) is 7.19. The SMILES string of the molecule is CS(=O)(=O)Cc1ccc(C(=O)Nc2ccnn2-c2cccc(Cl)c2)o1. The number of nitrogens with zero attached hydrogens (tertiary/aromatic N) is 2. The molecule has 2 heterocycles. The van der Waals surface area contributed by atoms with Crippen LogP contribution in [-0.2, 0) is 15.6 Å². The van der Waals surface area contributed by atoms with Gasteiger partial charge in [-0.3, -0.25) is 4.79 Å². The largest absolute Gasteiger partial charge is 0.455 e. The van der Waals surface area contributed by atoms with Gasteiger partial charge in [0, 0.05) is 17.3 Å². The average Bonchev–Trinajstić information content (AvgIpc) is 3.15. The lowest BCUT2D eigenvalue weighted by molar-refractivity contribution is 0.0994. The molecule has 25 heavy (non-hydrogen) atoms. The predicted octanol–water partition coefficient (Wildman–Crippen LogP) is 2.92. The van der Waals surface area contributed by atoms with Crippen LogP contribution in [-0.4, -0.2) is 30.4 Å². The van der Waals surface area contributed by atoms with Crippen molar-refractivity contribution in [2.24, 2.45) is 0 Å². The third kappa shape index (κ3) is 4.28. The molecule has 3 aromatic rings. The molecular formula is C16H14ClN3O4S. The minimum absolute atomic E-state index is 0.0116. The summed E-state index contributed by atoms with van der Waals surface area (Å²) in [7, 11) is -3.24. The van der Waals surface area contributed by atoms with Crippen molar-refractivity contribution in [1.82, 2.24) is 9.78 Å². The number of amides is 1. The van der Waals surface area contributed by atoms with Gasteiger partial charge >= 0.3 is 0 Å². The van der Waals surface area contributed by atoms with E-state index in [-0.39, 0.29) is 17.3 Å². The molecule has 0 atom stereocenters. The van der Waals surface area contributed by atoms with E-state index >= 15 is 0 Å². The molecule has 0 aliphatic heterocycles. The molecule has 0 radical (unpaired) electrons. The molecule has 2 aromatic heterocycles. The fraction of sp³-hybridized carbons (Fsp3) is 0.125. The maximum Gasteiger partial charge on any atom is 0.292 e. The summed E-state index contributed by atoms with van der Waals surface area (Å²) in [6, 6.07) is 11.5. The Bertz CT molecular complexity index is 1020. The number of hydrogen-bond acceptors (Lipinski definition) is 5. The number of nitrogens with one attached hydrogen (secondary N) is 1. The molecule has 0 fully saturated rings. The minimum Gasteiger partial charge on any atom is -0.455 e. The maximum absolute atomic E-state index is 12.3. The lowest BCUT2D eigenvalue weighted by Gasteiger charge is -2.08. The number of aromatic nitrogens is 2. The van der Waals surface area contributed by atoms with E-state index in [0.717, 1.165) is 6.26 Å². The Kier molecular flexibility index (Phi) is 4.65. The van der Waals surface area contributed by atoms with E-state index in [9.17, 15) is 13.2 Å². The topological polar surface area (TPSA) is 94.2 Å². The number of benzene rings is 1. The van der Waals surface area contributed by atoms with Gasteiger partial charge in [0.15, 0.2) is 15.6 Å². The Labute approximate surface area is 149 Å². The summed E-state index contributed by atoms with van der Waals surface area (Å²) < 4.78 is 29.4. The van der Waals surface area contributed by atoms with Crippen LogP contribution in [0.4, 0.5) is 5.82 Å². The normalized spacial score (nSPS) is 11.4. The molecule has 1 aromatic carbocycles. The summed E-state index contributed by atoms with van der Waals surface area (Å²) in [6.07, 6.45) is 2.63. The summed E-state index contributed by atoms with van der Waals surface area (Å²) in [5, 5.41) is 7.38. The molecule has 1 N–H and O–H groups in total. The highest BCUT2D eigenvalue weighted by atomic mass is 35.5. The first kappa shape index (κ1) is 17.2. The quantitative estimate of drug-likeness (QED) is 0.735. The highest BCUT2D eigenvalue weighted by molar-refractivity contribution is 7.89. The van der Waals surface area contributed by atoms with Gasteiger partial charge in [0.05, 0.1) is 11.9 Å². The number of anilines is 1. The van der Waals surface area contributed by atoms with Gasteiger partial charge in [-0.15, -0.1) is 0 Å². The zero-order chi connectivity index (χ0) is 18.0. The molecule has 0 saturated heterocycles. The Morgan fingerprint density at radius 3 is 2.80 bits per heavy atom. The van der Waals surface area contributed by atoms with E-state index in [1.165, 1.54) is 23.0 Å². The van der Waals surface area contributed by atoms with Gasteiger partial charge in [-0.1, -0.05) is 17.7 Å². The molecule has 1 amide bonds. The molecule has 0 saturated carbocycles. The number of carbonyl (C=O) groups is 1. The van der Waals surface area contributed by atoms with Crippen molar-refractivity contribution in [3.8, 4) is 5.69 Å². The number of carbonyl (C=O) groups excluding carboxylic acids is 1. The number of rotatable bonds is 5. The fourth-order valence-corrected chi connectivity index (χ4v) is 3.08. The van der Waals surface area contributed by atoms with Gasteiger partial charge in [0.2, 0.25) is 0 Å².